The second-order valence-corrected chi connectivity index (χ2v) is 49.2. The van der Waals surface area contributed by atoms with Crippen molar-refractivity contribution in [2.75, 3.05) is 72.2 Å². The van der Waals surface area contributed by atoms with E-state index in [2.05, 4.69) is 66.9 Å². The van der Waals surface area contributed by atoms with Crippen LogP contribution in [-0.2, 0) is 229 Å². The highest BCUT2D eigenvalue weighted by Crippen LogP contribution is 2.39. The Morgan fingerprint density at radius 3 is 0.684 bits per heavy atom. The molecule has 0 aromatic rings. The van der Waals surface area contributed by atoms with E-state index in [0.717, 1.165) is 27.7 Å². The average Bonchev–Trinajstić information content (AvgIpc) is 0.891. The van der Waals surface area contributed by atoms with Crippen molar-refractivity contribution in [2.24, 2.45) is 0 Å². The first kappa shape index (κ1) is 91.3. The molecule has 0 bridgehead atoms. The van der Waals surface area contributed by atoms with Crippen LogP contribution in [0.15, 0.2) is 0 Å². The standard InChI is InChI=1S/C6H12O6S2.3C4H8O6S2.C3H6O6S2.2C2H2F2O6S2.C2H4O6S2/c1-5(2)11-13(7,8)6(3,4)14(9,10)12-5;1-4(2)9-11(5,6)3-12(7,8)10-4;1-4(2)11(5,6)9-3-10-12(4,7)8;5-11(6)4-12(7,8)10-3-1-2-9-11;4-10(5)3-11(6,7)9-2-1-8-10;3-2(4)9-11(5,6)1-12(7,8)10-2;3-2(4)11(5,6)9-1-10-12(2,7)8;3-9(4)2-10(5,6)8-1-7-9/h1-4H3;2*3H2,1-2H3;1-4H2;1-3H2;2*1H2;1-2H2. The van der Waals surface area contributed by atoms with Crippen LogP contribution in [-0.4, -0.2) is 238 Å². The van der Waals surface area contributed by atoms with Crippen LogP contribution in [0.2, 0.25) is 0 Å². The molecule has 8 rings (SSSR count). The first-order chi connectivity index (χ1) is 41.3. The monoisotopic (exact) mass is 1730 g/mol. The molecular formula is C27H50F4O48S16. The third kappa shape index (κ3) is 28.9. The smallest absolute Gasteiger partial charge is 0.269 e. The lowest BCUT2D eigenvalue weighted by atomic mass is 10.4. The molecule has 0 saturated carbocycles. The molecule has 0 unspecified atom stereocenters. The van der Waals surface area contributed by atoms with Gasteiger partial charge < -0.3 is 0 Å². The van der Waals surface area contributed by atoms with Crippen molar-refractivity contribution < 1.29 is 219 Å². The minimum Gasteiger partial charge on any atom is -0.269 e. The van der Waals surface area contributed by atoms with E-state index >= 15 is 0 Å². The first-order valence-corrected chi connectivity index (χ1v) is 46.7. The zero-order valence-electron chi connectivity index (χ0n) is 47.8. The fourth-order valence-corrected chi connectivity index (χ4v) is 25.2. The summed E-state index contributed by atoms with van der Waals surface area (Å²) in [6.07, 6.45) is -4.38. The Morgan fingerprint density at radius 2 is 0.442 bits per heavy atom. The van der Waals surface area contributed by atoms with Crippen LogP contribution < -0.4 is 0 Å². The molecule has 8 aliphatic rings. The molecule has 0 atom stereocenters. The second kappa shape index (κ2) is 30.3. The van der Waals surface area contributed by atoms with E-state index in [1.165, 1.54) is 27.7 Å². The molecule has 0 aromatic heterocycles. The van der Waals surface area contributed by atoms with Gasteiger partial charge in [0.05, 0.1) is 26.4 Å². The first-order valence-electron chi connectivity index (χ1n) is 22.5. The molecule has 0 aromatic carbocycles. The van der Waals surface area contributed by atoms with Crippen molar-refractivity contribution in [2.45, 2.75) is 92.4 Å². The van der Waals surface area contributed by atoms with Crippen LogP contribution in [0.4, 0.5) is 17.6 Å². The summed E-state index contributed by atoms with van der Waals surface area (Å²) in [6.45, 7) is 5.60. The largest absolute Gasteiger partial charge is 0.514 e. The lowest BCUT2D eigenvalue weighted by Gasteiger charge is -2.36. The van der Waals surface area contributed by atoms with Crippen LogP contribution in [0.1, 0.15) is 61.8 Å². The summed E-state index contributed by atoms with van der Waals surface area (Å²) in [5.41, 5.74) is 0. The predicted octanol–water partition coefficient (Wildman–Crippen LogP) is -6.36. The van der Waals surface area contributed by atoms with Crippen LogP contribution >= 0.6 is 0 Å². The third-order valence-electron chi connectivity index (χ3n) is 8.85. The van der Waals surface area contributed by atoms with Crippen molar-refractivity contribution in [3.05, 3.63) is 0 Å². The van der Waals surface area contributed by atoms with Gasteiger partial charge in [-0.15, -0.1) is 8.78 Å². The molecule has 0 spiro atoms. The summed E-state index contributed by atoms with van der Waals surface area (Å²) >= 11 is 0. The molecule has 570 valence electrons. The molecule has 0 radical (unpaired) electrons. The molecular weight excluding hydrogens is 1680 g/mol. The molecule has 68 heteroatoms. The normalized spacial score (nSPS) is 30.6. The molecule has 8 saturated heterocycles. The van der Waals surface area contributed by atoms with E-state index in [4.69, 9.17) is 0 Å². The topological polar surface area (TPSA) is 694 Å². The zero-order chi connectivity index (χ0) is 75.5. The van der Waals surface area contributed by atoms with Crippen molar-refractivity contribution >= 4 is 162 Å². The van der Waals surface area contributed by atoms with Crippen molar-refractivity contribution in [3.63, 3.8) is 0 Å². The van der Waals surface area contributed by atoms with Crippen molar-refractivity contribution in [3.8, 4) is 0 Å². The Bertz CT molecular complexity index is 4310. The third-order valence-corrected chi connectivity index (χ3v) is 38.1. The van der Waals surface area contributed by atoms with Gasteiger partial charge >= 0.3 is 31.1 Å². The fraction of sp³-hybridized carbons (Fsp3) is 1.00. The summed E-state index contributed by atoms with van der Waals surface area (Å²) in [5, 5.41) is -6.01. The van der Waals surface area contributed by atoms with E-state index in [1.807, 2.05) is 0 Å². The number of alkyl halides is 4. The van der Waals surface area contributed by atoms with Crippen LogP contribution in [0.3, 0.4) is 0 Å². The highest BCUT2D eigenvalue weighted by atomic mass is 32.3. The van der Waals surface area contributed by atoms with Gasteiger partial charge in [0.1, 0.15) is 0 Å². The Morgan fingerprint density at radius 1 is 0.232 bits per heavy atom. The van der Waals surface area contributed by atoms with Crippen LogP contribution in [0, 0.1) is 0 Å². The lowest BCUT2D eigenvalue weighted by molar-refractivity contribution is -0.306. The second-order valence-electron chi connectivity index (χ2n) is 18.6. The minimum absolute atomic E-state index is 0.0299. The summed E-state index contributed by atoms with van der Waals surface area (Å²) in [5.74, 6) is -3.30. The van der Waals surface area contributed by atoms with Gasteiger partial charge in [-0.3, -0.25) is 16.7 Å². The molecule has 8 fully saturated rings. The Labute approximate surface area is 541 Å². The van der Waals surface area contributed by atoms with Crippen molar-refractivity contribution in [1.29, 1.82) is 0 Å². The summed E-state index contributed by atoms with van der Waals surface area (Å²) in [4.78, 5) is 0. The molecule has 48 nitrogen and oxygen atoms in total. The van der Waals surface area contributed by atoms with Gasteiger partial charge in [-0.2, -0.15) is 152 Å². The van der Waals surface area contributed by atoms with Gasteiger partial charge in [0.25, 0.3) is 142 Å². The van der Waals surface area contributed by atoms with Crippen LogP contribution in [0.25, 0.3) is 0 Å². The summed E-state index contributed by atoms with van der Waals surface area (Å²) in [6, 6.07) is 0. The molecule has 95 heavy (non-hydrogen) atoms. The van der Waals surface area contributed by atoms with E-state index in [0.29, 0.717) is 0 Å². The number of rotatable bonds is 0. The van der Waals surface area contributed by atoms with Gasteiger partial charge in [-0.25, -0.2) is 41.8 Å². The number of halogens is 4. The highest BCUT2D eigenvalue weighted by Gasteiger charge is 2.63. The van der Waals surface area contributed by atoms with Crippen molar-refractivity contribution in [1.82, 2.24) is 0 Å². The van der Waals surface area contributed by atoms with E-state index < -0.39 is 238 Å². The van der Waals surface area contributed by atoms with E-state index in [-0.39, 0.29) is 32.8 Å². The average molecular weight is 1730 g/mol. The van der Waals surface area contributed by atoms with Gasteiger partial charge in [0.2, 0.25) is 33.6 Å². The molecule has 8 aliphatic heterocycles. The summed E-state index contributed by atoms with van der Waals surface area (Å²) < 4.78 is 446. The predicted molar refractivity (Wildman–Crippen MR) is 289 cm³/mol. The van der Waals surface area contributed by atoms with E-state index in [9.17, 15) is 152 Å². The fourth-order valence-electron chi connectivity index (χ4n) is 4.87. The molecule has 0 aliphatic carbocycles. The molecule has 0 N–H and O–H groups in total. The maximum absolute atomic E-state index is 12.3. The van der Waals surface area contributed by atoms with E-state index in [1.54, 1.807) is 0 Å². The maximum Gasteiger partial charge on any atom is 0.514 e. The number of hydrogen-bond acceptors (Lipinski definition) is 48. The highest BCUT2D eigenvalue weighted by molar-refractivity contribution is 8.08. The zero-order valence-corrected chi connectivity index (χ0v) is 60.9. The van der Waals surface area contributed by atoms with Crippen LogP contribution in [0.5, 0.6) is 0 Å². The number of hydrogen-bond donors (Lipinski definition) is 0. The quantitative estimate of drug-likeness (QED) is 0.161. The lowest BCUT2D eigenvalue weighted by Crippen LogP contribution is -2.54. The molecule has 8 heterocycles. The minimum atomic E-state index is -5.41. The Hall–Kier alpha value is -1.72. The van der Waals surface area contributed by atoms with Gasteiger partial charge in [-0.1, -0.05) is 0 Å². The molecule has 0 amide bonds. The maximum atomic E-state index is 12.3. The SMILES string of the molecule is CC1(C)OS(=O)(=O)C(C)(C)S(=O)(=O)O1.CC1(C)OS(=O)(=O)CS(=O)(=O)O1.CC1(C)S(=O)(=O)OCOS1(=O)=O.O=S1(=O)CS(=O)(=O)OC(F)(F)O1.O=S1(=O)CS(=O)(=O)OCCCO1.O=S1(=O)CS(=O)(=O)OCCO1.O=S1(=O)CS(=O)(=O)OCO1.O=S1(=O)OCOS(=O)(=O)C1(F)F. The Balaban J connectivity index is 0.000000544. The van der Waals surface area contributed by atoms with Gasteiger partial charge in [0, 0.05) is 0 Å². The Kier molecular flexibility index (Phi) is 29.1. The van der Waals surface area contributed by atoms with Gasteiger partial charge in [0.15, 0.2) is 32.0 Å². The van der Waals surface area contributed by atoms with Gasteiger partial charge in [-0.05, 0) is 61.8 Å². The summed E-state index contributed by atoms with van der Waals surface area (Å²) in [7, 11) is -68.5.